The van der Waals surface area contributed by atoms with Crippen LogP contribution in [0.1, 0.15) is 13.8 Å². The summed E-state index contributed by atoms with van der Waals surface area (Å²) in [7, 11) is 1.58. The van der Waals surface area contributed by atoms with Crippen molar-refractivity contribution in [1.82, 2.24) is 9.97 Å². The molecule has 0 radical (unpaired) electrons. The molecule has 1 heterocycles. The highest BCUT2D eigenvalue weighted by Gasteiger charge is 2.13. The summed E-state index contributed by atoms with van der Waals surface area (Å²) in [6.45, 7) is 4.19. The lowest BCUT2D eigenvalue weighted by Gasteiger charge is -2.19. The van der Waals surface area contributed by atoms with E-state index in [9.17, 15) is 0 Å². The van der Waals surface area contributed by atoms with Crippen LogP contribution in [0, 0.1) is 5.92 Å². The highest BCUT2D eigenvalue weighted by Crippen LogP contribution is 2.12. The monoisotopic (exact) mass is 229 g/mol. The van der Waals surface area contributed by atoms with Gasteiger partial charge in [-0.05, 0) is 5.92 Å². The number of methoxy groups -OCH3 is 1. The standard InChI is InChI=1S/C10H16ClN3O/c1-7(2)8(6-11)13-10-12-5-4-9(14-10)15-3/h4-5,7-8H,6H2,1-3H3,(H,12,13,14). The lowest BCUT2D eigenvalue weighted by molar-refractivity contribution is 0.397. The maximum atomic E-state index is 5.84. The summed E-state index contributed by atoms with van der Waals surface area (Å²) in [6.07, 6.45) is 1.65. The third kappa shape index (κ3) is 3.55. The van der Waals surface area contributed by atoms with E-state index in [1.54, 1.807) is 19.4 Å². The molecular weight excluding hydrogens is 214 g/mol. The van der Waals surface area contributed by atoms with Crippen LogP contribution in [0.3, 0.4) is 0 Å². The number of hydrogen-bond acceptors (Lipinski definition) is 4. The lowest BCUT2D eigenvalue weighted by Crippen LogP contribution is -2.28. The zero-order chi connectivity index (χ0) is 11.3. The van der Waals surface area contributed by atoms with E-state index in [4.69, 9.17) is 16.3 Å². The number of aromatic nitrogens is 2. The Morgan fingerprint density at radius 2 is 2.27 bits per heavy atom. The van der Waals surface area contributed by atoms with Crippen molar-refractivity contribution in [2.24, 2.45) is 5.92 Å². The van der Waals surface area contributed by atoms with Crippen LogP contribution in [0.5, 0.6) is 5.88 Å². The van der Waals surface area contributed by atoms with E-state index < -0.39 is 0 Å². The van der Waals surface area contributed by atoms with Gasteiger partial charge >= 0.3 is 0 Å². The van der Waals surface area contributed by atoms with Crippen molar-refractivity contribution in [1.29, 1.82) is 0 Å². The molecule has 0 aliphatic carbocycles. The summed E-state index contributed by atoms with van der Waals surface area (Å²) in [5, 5.41) is 3.17. The Balaban J connectivity index is 2.70. The van der Waals surface area contributed by atoms with Gasteiger partial charge < -0.3 is 10.1 Å². The smallest absolute Gasteiger partial charge is 0.226 e. The number of alkyl halides is 1. The van der Waals surface area contributed by atoms with Gasteiger partial charge in [0.1, 0.15) is 0 Å². The Kier molecular flexibility index (Phi) is 4.62. The van der Waals surface area contributed by atoms with Gasteiger partial charge in [-0.15, -0.1) is 11.6 Å². The highest BCUT2D eigenvalue weighted by molar-refractivity contribution is 6.18. The molecule has 5 heteroatoms. The van der Waals surface area contributed by atoms with Gasteiger partial charge in [-0.2, -0.15) is 4.98 Å². The molecule has 4 nitrogen and oxygen atoms in total. The fraction of sp³-hybridized carbons (Fsp3) is 0.600. The van der Waals surface area contributed by atoms with E-state index in [1.807, 2.05) is 0 Å². The van der Waals surface area contributed by atoms with Gasteiger partial charge in [0.15, 0.2) is 0 Å². The number of hydrogen-bond donors (Lipinski definition) is 1. The molecule has 1 unspecified atom stereocenters. The molecule has 0 aliphatic rings. The molecule has 1 rings (SSSR count). The molecule has 1 N–H and O–H groups in total. The van der Waals surface area contributed by atoms with Gasteiger partial charge in [0.2, 0.25) is 11.8 Å². The molecular formula is C10H16ClN3O. The summed E-state index contributed by atoms with van der Waals surface area (Å²) in [4.78, 5) is 8.25. The van der Waals surface area contributed by atoms with Crippen molar-refractivity contribution in [3.63, 3.8) is 0 Å². The van der Waals surface area contributed by atoms with Gasteiger partial charge in [-0.1, -0.05) is 13.8 Å². The van der Waals surface area contributed by atoms with Crippen LogP contribution in [0.2, 0.25) is 0 Å². The molecule has 0 fully saturated rings. The van der Waals surface area contributed by atoms with E-state index >= 15 is 0 Å². The normalized spacial score (nSPS) is 12.6. The molecule has 0 saturated carbocycles. The second kappa shape index (κ2) is 5.75. The van der Waals surface area contributed by atoms with Gasteiger partial charge in [0.05, 0.1) is 7.11 Å². The topological polar surface area (TPSA) is 47.0 Å². The molecule has 1 atom stereocenters. The predicted molar refractivity (Wildman–Crippen MR) is 61.6 cm³/mol. The van der Waals surface area contributed by atoms with E-state index in [1.165, 1.54) is 0 Å². The van der Waals surface area contributed by atoms with Crippen molar-refractivity contribution < 1.29 is 4.74 Å². The zero-order valence-electron chi connectivity index (χ0n) is 9.20. The van der Waals surface area contributed by atoms with Crippen LogP contribution in [0.4, 0.5) is 5.95 Å². The summed E-state index contributed by atoms with van der Waals surface area (Å²) in [5.41, 5.74) is 0. The Morgan fingerprint density at radius 3 is 2.80 bits per heavy atom. The minimum absolute atomic E-state index is 0.166. The molecule has 1 aromatic rings. The molecule has 84 valence electrons. The van der Waals surface area contributed by atoms with E-state index in [0.29, 0.717) is 23.6 Å². The predicted octanol–water partition coefficient (Wildman–Crippen LogP) is 2.16. The van der Waals surface area contributed by atoms with Gasteiger partial charge in [0, 0.05) is 24.2 Å². The first-order valence-electron chi connectivity index (χ1n) is 4.87. The number of ether oxygens (including phenoxy) is 1. The maximum absolute atomic E-state index is 5.84. The van der Waals surface area contributed by atoms with Crippen molar-refractivity contribution in [3.05, 3.63) is 12.3 Å². The van der Waals surface area contributed by atoms with Crippen LogP contribution in [0.15, 0.2) is 12.3 Å². The molecule has 1 aromatic heterocycles. The molecule has 15 heavy (non-hydrogen) atoms. The third-order valence-corrected chi connectivity index (χ3v) is 2.46. The summed E-state index contributed by atoms with van der Waals surface area (Å²) >= 11 is 5.84. The number of anilines is 1. The van der Waals surface area contributed by atoms with Crippen LogP contribution in [-0.2, 0) is 0 Å². The Bertz CT molecular complexity index is 306. The Labute approximate surface area is 95.0 Å². The van der Waals surface area contributed by atoms with E-state index in [0.717, 1.165) is 0 Å². The number of halogens is 1. The van der Waals surface area contributed by atoms with Crippen LogP contribution in [0.25, 0.3) is 0 Å². The maximum Gasteiger partial charge on any atom is 0.226 e. The molecule has 0 aromatic carbocycles. The molecule has 0 aliphatic heterocycles. The average molecular weight is 230 g/mol. The Hall–Kier alpha value is -1.03. The SMILES string of the molecule is COc1ccnc(NC(CCl)C(C)C)n1. The average Bonchev–Trinajstić information content (AvgIpc) is 2.25. The van der Waals surface area contributed by atoms with Crippen molar-refractivity contribution in [2.45, 2.75) is 19.9 Å². The molecule has 0 spiro atoms. The molecule has 0 amide bonds. The first kappa shape index (κ1) is 12.0. The second-order valence-electron chi connectivity index (χ2n) is 3.57. The minimum atomic E-state index is 0.166. The van der Waals surface area contributed by atoms with E-state index in [-0.39, 0.29) is 6.04 Å². The van der Waals surface area contributed by atoms with Crippen LogP contribution < -0.4 is 10.1 Å². The van der Waals surface area contributed by atoms with Crippen molar-refractivity contribution in [3.8, 4) is 5.88 Å². The molecule has 0 bridgehead atoms. The summed E-state index contributed by atoms with van der Waals surface area (Å²) in [5.74, 6) is 2.05. The van der Waals surface area contributed by atoms with Crippen molar-refractivity contribution in [2.75, 3.05) is 18.3 Å². The van der Waals surface area contributed by atoms with Gasteiger partial charge in [-0.25, -0.2) is 4.98 Å². The zero-order valence-corrected chi connectivity index (χ0v) is 9.95. The quantitative estimate of drug-likeness (QED) is 0.787. The first-order chi connectivity index (χ1) is 7.17. The number of rotatable bonds is 5. The fourth-order valence-corrected chi connectivity index (χ4v) is 1.51. The largest absolute Gasteiger partial charge is 0.481 e. The third-order valence-electron chi connectivity index (χ3n) is 2.12. The highest BCUT2D eigenvalue weighted by atomic mass is 35.5. The minimum Gasteiger partial charge on any atom is -0.481 e. The fourth-order valence-electron chi connectivity index (χ4n) is 1.07. The van der Waals surface area contributed by atoms with Crippen LogP contribution in [-0.4, -0.2) is 29.0 Å². The number of nitrogens with zero attached hydrogens (tertiary/aromatic N) is 2. The van der Waals surface area contributed by atoms with E-state index in [2.05, 4.69) is 29.1 Å². The number of nitrogens with one attached hydrogen (secondary N) is 1. The van der Waals surface area contributed by atoms with Crippen molar-refractivity contribution >= 4 is 17.5 Å². The van der Waals surface area contributed by atoms with Gasteiger partial charge in [-0.3, -0.25) is 0 Å². The van der Waals surface area contributed by atoms with Gasteiger partial charge in [0.25, 0.3) is 0 Å². The molecule has 0 saturated heterocycles. The summed E-state index contributed by atoms with van der Waals surface area (Å²) in [6, 6.07) is 1.87. The Morgan fingerprint density at radius 1 is 1.53 bits per heavy atom. The first-order valence-corrected chi connectivity index (χ1v) is 5.40. The second-order valence-corrected chi connectivity index (χ2v) is 3.88. The summed E-state index contributed by atoms with van der Waals surface area (Å²) < 4.78 is 5.01. The van der Waals surface area contributed by atoms with Crippen LogP contribution >= 0.6 is 11.6 Å². The lowest BCUT2D eigenvalue weighted by atomic mass is 10.1.